The molecule has 2 rings (SSSR count). The lowest BCUT2D eigenvalue weighted by Gasteiger charge is -2.10. The van der Waals surface area contributed by atoms with Crippen LogP contribution in [0.25, 0.3) is 0 Å². The van der Waals surface area contributed by atoms with Crippen molar-refractivity contribution in [3.05, 3.63) is 59.9 Å². The number of nitrogens with two attached hydrogens (primary N) is 1. The Morgan fingerprint density at radius 3 is 2.37 bits per heavy atom. The largest absolute Gasteiger partial charge is 0.466 e. The molecule has 0 radical (unpaired) electrons. The first-order valence-electron chi connectivity index (χ1n) is 5.67. The number of halogens is 1. The molecule has 98 valence electrons. The van der Waals surface area contributed by atoms with E-state index in [9.17, 15) is 4.39 Å². The Morgan fingerprint density at radius 1 is 1.11 bits per heavy atom. The van der Waals surface area contributed by atoms with Crippen LogP contribution in [0.5, 0.6) is 0 Å². The lowest BCUT2D eigenvalue weighted by atomic mass is 10.2. The summed E-state index contributed by atoms with van der Waals surface area (Å²) in [5, 5.41) is 3.11. The molecule has 19 heavy (non-hydrogen) atoms. The highest BCUT2D eigenvalue weighted by molar-refractivity contribution is 7.80. The van der Waals surface area contributed by atoms with Gasteiger partial charge in [0, 0.05) is 11.4 Å². The zero-order valence-electron chi connectivity index (χ0n) is 10.1. The smallest absolute Gasteiger partial charge is 0.261 e. The van der Waals surface area contributed by atoms with Gasteiger partial charge in [-0.3, -0.25) is 0 Å². The van der Waals surface area contributed by atoms with E-state index in [2.05, 4.69) is 5.32 Å². The summed E-state index contributed by atoms with van der Waals surface area (Å²) in [5.74, 6) is -0.292. The molecule has 2 aromatic rings. The third kappa shape index (κ3) is 4.22. The van der Waals surface area contributed by atoms with Crippen LogP contribution in [-0.2, 0) is 11.3 Å². The summed E-state index contributed by atoms with van der Waals surface area (Å²) in [7, 11) is 0. The summed E-state index contributed by atoms with van der Waals surface area (Å²) >= 11 is 5.04. The molecule has 0 fully saturated rings. The normalized spacial score (nSPS) is 9.95. The van der Waals surface area contributed by atoms with Gasteiger partial charge in [0.2, 0.25) is 0 Å². The molecule has 3 N–H and O–H groups in total. The van der Waals surface area contributed by atoms with E-state index in [-0.39, 0.29) is 11.0 Å². The summed E-state index contributed by atoms with van der Waals surface area (Å²) in [6.07, 6.45) is 0. The van der Waals surface area contributed by atoms with E-state index < -0.39 is 0 Å². The van der Waals surface area contributed by atoms with E-state index in [4.69, 9.17) is 22.7 Å². The number of anilines is 2. The summed E-state index contributed by atoms with van der Waals surface area (Å²) in [4.78, 5) is 0. The molecule has 0 aliphatic rings. The van der Waals surface area contributed by atoms with Gasteiger partial charge in [-0.2, -0.15) is 0 Å². The molecule has 0 amide bonds. The molecule has 0 spiro atoms. The molecule has 0 heterocycles. The number of nitrogen functional groups attached to an aromatic ring is 1. The van der Waals surface area contributed by atoms with Crippen molar-refractivity contribution < 1.29 is 9.13 Å². The third-order valence-electron chi connectivity index (χ3n) is 2.44. The average molecular weight is 276 g/mol. The Bertz CT molecular complexity index is 555. The van der Waals surface area contributed by atoms with Crippen molar-refractivity contribution in [2.24, 2.45) is 0 Å². The van der Waals surface area contributed by atoms with Gasteiger partial charge in [0.25, 0.3) is 5.17 Å². The lowest BCUT2D eigenvalue weighted by Crippen LogP contribution is -2.13. The van der Waals surface area contributed by atoms with Crippen LogP contribution in [0.4, 0.5) is 15.8 Å². The standard InChI is InChI=1S/C14H13FN2OS/c15-11-3-7-13(8-4-11)17-14(19)18-9-10-1-5-12(16)6-2-10/h1-8H,9,16H2,(H,17,19). The first kappa shape index (κ1) is 13.3. The van der Waals surface area contributed by atoms with Crippen molar-refractivity contribution in [1.29, 1.82) is 0 Å². The Hall–Kier alpha value is -2.14. The topological polar surface area (TPSA) is 47.3 Å². The molecule has 0 aliphatic heterocycles. The van der Waals surface area contributed by atoms with Gasteiger partial charge < -0.3 is 15.8 Å². The van der Waals surface area contributed by atoms with E-state index in [1.807, 2.05) is 12.1 Å². The predicted octanol–water partition coefficient (Wildman–Crippen LogP) is 3.32. The Morgan fingerprint density at radius 2 is 1.74 bits per heavy atom. The van der Waals surface area contributed by atoms with Crippen molar-refractivity contribution >= 4 is 28.8 Å². The Balaban J connectivity index is 1.84. The van der Waals surface area contributed by atoms with Crippen molar-refractivity contribution in [3.8, 4) is 0 Å². The van der Waals surface area contributed by atoms with Gasteiger partial charge in [0.1, 0.15) is 12.4 Å². The molecule has 3 nitrogen and oxygen atoms in total. The molecule has 5 heteroatoms. The van der Waals surface area contributed by atoms with Crippen LogP contribution in [0.1, 0.15) is 5.56 Å². The highest BCUT2D eigenvalue weighted by atomic mass is 32.1. The second kappa shape index (κ2) is 6.15. The van der Waals surface area contributed by atoms with E-state index >= 15 is 0 Å². The van der Waals surface area contributed by atoms with E-state index in [1.165, 1.54) is 12.1 Å². The van der Waals surface area contributed by atoms with Gasteiger partial charge in [0.15, 0.2) is 0 Å². The summed E-state index contributed by atoms with van der Waals surface area (Å²) in [5.41, 5.74) is 7.95. The highest BCUT2D eigenvalue weighted by Crippen LogP contribution is 2.10. The zero-order chi connectivity index (χ0) is 13.7. The maximum atomic E-state index is 12.7. The number of hydrogen-bond donors (Lipinski definition) is 2. The maximum absolute atomic E-state index is 12.7. The molecular formula is C14H13FN2OS. The molecule has 0 aliphatic carbocycles. The van der Waals surface area contributed by atoms with Gasteiger partial charge in [-0.1, -0.05) is 12.1 Å². The maximum Gasteiger partial charge on any atom is 0.261 e. The fraction of sp³-hybridized carbons (Fsp3) is 0.0714. The minimum atomic E-state index is -0.292. The van der Waals surface area contributed by atoms with Gasteiger partial charge in [-0.05, 0) is 54.2 Å². The predicted molar refractivity (Wildman–Crippen MR) is 78.3 cm³/mol. The summed E-state index contributed by atoms with van der Waals surface area (Å²) in [6.45, 7) is 0.354. The molecule has 0 unspecified atom stereocenters. The van der Waals surface area contributed by atoms with Gasteiger partial charge in [-0.25, -0.2) is 4.39 Å². The summed E-state index contributed by atoms with van der Waals surface area (Å²) in [6, 6.07) is 13.2. The number of thiocarbonyl (C=S) groups is 1. The monoisotopic (exact) mass is 276 g/mol. The first-order chi connectivity index (χ1) is 9.13. The fourth-order valence-electron chi connectivity index (χ4n) is 1.45. The molecule has 0 saturated heterocycles. The molecule has 0 atom stereocenters. The molecule has 2 aromatic carbocycles. The van der Waals surface area contributed by atoms with Gasteiger partial charge >= 0.3 is 0 Å². The van der Waals surface area contributed by atoms with Crippen LogP contribution in [-0.4, -0.2) is 5.17 Å². The molecule has 0 bridgehead atoms. The minimum Gasteiger partial charge on any atom is -0.466 e. The van der Waals surface area contributed by atoms with Gasteiger partial charge in [0.05, 0.1) is 0 Å². The zero-order valence-corrected chi connectivity index (χ0v) is 10.9. The number of rotatable bonds is 3. The second-order valence-corrected chi connectivity index (χ2v) is 4.32. The highest BCUT2D eigenvalue weighted by Gasteiger charge is 2.00. The van der Waals surface area contributed by atoms with Crippen molar-refractivity contribution in [2.75, 3.05) is 11.1 Å². The average Bonchev–Trinajstić information content (AvgIpc) is 2.41. The SMILES string of the molecule is Nc1ccc(COC(=S)Nc2ccc(F)cc2)cc1. The Kier molecular flexibility index (Phi) is 4.30. The fourth-order valence-corrected chi connectivity index (χ4v) is 1.63. The van der Waals surface area contributed by atoms with Crippen LogP contribution in [0.2, 0.25) is 0 Å². The quantitative estimate of drug-likeness (QED) is 0.667. The number of benzene rings is 2. The van der Waals surface area contributed by atoms with Crippen molar-refractivity contribution in [1.82, 2.24) is 0 Å². The van der Waals surface area contributed by atoms with Crippen molar-refractivity contribution in [2.45, 2.75) is 6.61 Å². The molecule has 0 aromatic heterocycles. The van der Waals surface area contributed by atoms with Gasteiger partial charge in [-0.15, -0.1) is 0 Å². The number of ether oxygens (including phenoxy) is 1. The number of nitrogens with one attached hydrogen (secondary N) is 1. The van der Waals surface area contributed by atoms with Crippen LogP contribution >= 0.6 is 12.2 Å². The summed E-state index contributed by atoms with van der Waals surface area (Å²) < 4.78 is 18.1. The second-order valence-electron chi connectivity index (χ2n) is 3.95. The minimum absolute atomic E-state index is 0.239. The van der Waals surface area contributed by atoms with E-state index in [0.29, 0.717) is 18.0 Å². The third-order valence-corrected chi connectivity index (χ3v) is 2.66. The van der Waals surface area contributed by atoms with Crippen molar-refractivity contribution in [3.63, 3.8) is 0 Å². The lowest BCUT2D eigenvalue weighted by molar-refractivity contribution is 0.300. The van der Waals surface area contributed by atoms with Crippen LogP contribution in [0, 0.1) is 5.82 Å². The van der Waals surface area contributed by atoms with Crippen LogP contribution in [0.15, 0.2) is 48.5 Å². The van der Waals surface area contributed by atoms with Crippen LogP contribution < -0.4 is 11.1 Å². The molecular weight excluding hydrogens is 263 g/mol. The number of hydrogen-bond acceptors (Lipinski definition) is 3. The van der Waals surface area contributed by atoms with E-state index in [0.717, 1.165) is 5.56 Å². The Labute approximate surface area is 116 Å². The van der Waals surface area contributed by atoms with Crippen LogP contribution in [0.3, 0.4) is 0 Å². The van der Waals surface area contributed by atoms with E-state index in [1.54, 1.807) is 24.3 Å². The first-order valence-corrected chi connectivity index (χ1v) is 6.08. The molecule has 0 saturated carbocycles.